The number of hydrogen-bond donors (Lipinski definition) is 3. The number of aliphatic hydroxyl groups excluding tert-OH is 3. The second kappa shape index (κ2) is 5.81. The largest absolute Gasteiger partial charge is 0.390 e. The van der Waals surface area contributed by atoms with Gasteiger partial charge in [-0.1, -0.05) is 0 Å². The van der Waals surface area contributed by atoms with E-state index in [2.05, 4.69) is 0 Å². The van der Waals surface area contributed by atoms with Gasteiger partial charge in [0.2, 0.25) is 0 Å². The van der Waals surface area contributed by atoms with Crippen molar-refractivity contribution in [1.82, 2.24) is 0 Å². The summed E-state index contributed by atoms with van der Waals surface area (Å²) in [6.07, 6.45) is -2.45. The number of ether oxygens (including phenoxy) is 3. The highest BCUT2D eigenvalue weighted by Gasteiger charge is 2.38. The first-order valence-electron chi connectivity index (χ1n) is 6.48. The third-order valence-electron chi connectivity index (χ3n) is 3.57. The van der Waals surface area contributed by atoms with Gasteiger partial charge in [-0.25, -0.2) is 0 Å². The molecule has 3 N–H and O–H groups in total. The lowest BCUT2D eigenvalue weighted by molar-refractivity contribution is -0.296. The van der Waals surface area contributed by atoms with E-state index in [4.69, 9.17) is 14.2 Å². The van der Waals surface area contributed by atoms with E-state index >= 15 is 0 Å². The van der Waals surface area contributed by atoms with Gasteiger partial charge in [0.1, 0.15) is 6.10 Å². The Morgan fingerprint density at radius 2 is 1.67 bits per heavy atom. The average Bonchev–Trinajstić information content (AvgIpc) is 2.28. The predicted octanol–water partition coefficient (Wildman–Crippen LogP) is -0.254. The van der Waals surface area contributed by atoms with E-state index in [0.717, 1.165) is 0 Å². The molecule has 2 aliphatic rings. The van der Waals surface area contributed by atoms with Gasteiger partial charge in [-0.2, -0.15) is 0 Å². The molecule has 0 aromatic carbocycles. The number of hydrogen-bond acceptors (Lipinski definition) is 6. The Labute approximate surface area is 106 Å². The molecular formula is C12H22O6. The van der Waals surface area contributed by atoms with Crippen LogP contribution in [-0.4, -0.2) is 58.4 Å². The van der Waals surface area contributed by atoms with Crippen LogP contribution in [0.3, 0.4) is 0 Å². The maximum atomic E-state index is 9.89. The van der Waals surface area contributed by atoms with Gasteiger partial charge in [0.25, 0.3) is 0 Å². The fourth-order valence-electron chi connectivity index (χ4n) is 2.45. The molecular weight excluding hydrogens is 240 g/mol. The van der Waals surface area contributed by atoms with E-state index in [9.17, 15) is 15.3 Å². The van der Waals surface area contributed by atoms with Gasteiger partial charge in [-0.05, 0) is 20.3 Å². The molecule has 6 heteroatoms. The summed E-state index contributed by atoms with van der Waals surface area (Å²) in [6, 6.07) is 0. The second-order valence-electron chi connectivity index (χ2n) is 5.12. The SMILES string of the molecule is C[C@@H]1O[C@@H](O[C@H]2[C@H](O)C[C@H](O)O[C@@H]2C)CC[C@@H]1O. The molecule has 0 aromatic rings. The van der Waals surface area contributed by atoms with Crippen LogP contribution in [0.2, 0.25) is 0 Å². The Hall–Kier alpha value is -0.240. The molecule has 0 aromatic heterocycles. The maximum absolute atomic E-state index is 9.89. The van der Waals surface area contributed by atoms with Crippen molar-refractivity contribution in [2.45, 2.75) is 76.2 Å². The van der Waals surface area contributed by atoms with Gasteiger partial charge in [0, 0.05) is 12.8 Å². The molecule has 7 atom stereocenters. The summed E-state index contributed by atoms with van der Waals surface area (Å²) in [4.78, 5) is 0. The van der Waals surface area contributed by atoms with E-state index in [1.165, 1.54) is 0 Å². The van der Waals surface area contributed by atoms with Crippen molar-refractivity contribution in [3.05, 3.63) is 0 Å². The molecule has 106 valence electrons. The molecule has 2 heterocycles. The summed E-state index contributed by atoms with van der Waals surface area (Å²) in [5, 5.41) is 28.8. The quantitative estimate of drug-likeness (QED) is 0.636. The third kappa shape index (κ3) is 3.20. The minimum atomic E-state index is -0.942. The Kier molecular flexibility index (Phi) is 4.58. The highest BCUT2D eigenvalue weighted by atomic mass is 16.7. The molecule has 2 saturated heterocycles. The predicted molar refractivity (Wildman–Crippen MR) is 61.6 cm³/mol. The first-order chi connectivity index (χ1) is 8.47. The number of rotatable bonds is 2. The van der Waals surface area contributed by atoms with Crippen molar-refractivity contribution in [2.24, 2.45) is 0 Å². The van der Waals surface area contributed by atoms with E-state index in [1.807, 2.05) is 0 Å². The first-order valence-corrected chi connectivity index (χ1v) is 6.48. The normalized spacial score (nSPS) is 50.2. The van der Waals surface area contributed by atoms with Crippen LogP contribution in [0.25, 0.3) is 0 Å². The van der Waals surface area contributed by atoms with Crippen LogP contribution in [0, 0.1) is 0 Å². The zero-order valence-electron chi connectivity index (χ0n) is 10.7. The highest BCUT2D eigenvalue weighted by Crippen LogP contribution is 2.27. The summed E-state index contributed by atoms with van der Waals surface area (Å²) in [6.45, 7) is 3.54. The van der Waals surface area contributed by atoms with Crippen LogP contribution in [0.5, 0.6) is 0 Å². The summed E-state index contributed by atoms with van der Waals surface area (Å²) >= 11 is 0. The van der Waals surface area contributed by atoms with Gasteiger partial charge in [-0.15, -0.1) is 0 Å². The summed E-state index contributed by atoms with van der Waals surface area (Å²) < 4.78 is 16.5. The van der Waals surface area contributed by atoms with Crippen LogP contribution >= 0.6 is 0 Å². The summed E-state index contributed by atoms with van der Waals surface area (Å²) in [7, 11) is 0. The van der Waals surface area contributed by atoms with Crippen molar-refractivity contribution in [3.8, 4) is 0 Å². The summed E-state index contributed by atoms with van der Waals surface area (Å²) in [5.41, 5.74) is 0. The Morgan fingerprint density at radius 3 is 2.28 bits per heavy atom. The maximum Gasteiger partial charge on any atom is 0.158 e. The molecule has 0 radical (unpaired) electrons. The van der Waals surface area contributed by atoms with Gasteiger partial charge >= 0.3 is 0 Å². The topological polar surface area (TPSA) is 88.4 Å². The minimum Gasteiger partial charge on any atom is -0.390 e. The molecule has 6 nitrogen and oxygen atoms in total. The third-order valence-corrected chi connectivity index (χ3v) is 3.57. The van der Waals surface area contributed by atoms with Crippen molar-refractivity contribution >= 4 is 0 Å². The zero-order valence-corrected chi connectivity index (χ0v) is 10.7. The molecule has 0 spiro atoms. The van der Waals surface area contributed by atoms with Crippen LogP contribution in [0.1, 0.15) is 33.1 Å². The Morgan fingerprint density at radius 1 is 0.944 bits per heavy atom. The van der Waals surface area contributed by atoms with Crippen LogP contribution in [0.15, 0.2) is 0 Å². The van der Waals surface area contributed by atoms with Crippen LogP contribution < -0.4 is 0 Å². The van der Waals surface area contributed by atoms with Crippen molar-refractivity contribution in [1.29, 1.82) is 0 Å². The molecule has 0 aliphatic carbocycles. The van der Waals surface area contributed by atoms with Crippen molar-refractivity contribution in [2.75, 3.05) is 0 Å². The standard InChI is InChI=1S/C12H22O6/c1-6-8(13)3-4-11(17-6)18-12-7(2)16-10(15)5-9(12)14/h6-15H,3-5H2,1-2H3/t6-,7+,8-,9+,10+,11-,12+/m0/s1. The Balaban J connectivity index is 1.88. The zero-order chi connectivity index (χ0) is 13.3. The molecule has 0 unspecified atom stereocenters. The van der Waals surface area contributed by atoms with Crippen molar-refractivity contribution < 1.29 is 29.5 Å². The van der Waals surface area contributed by atoms with Gasteiger partial charge in [0.15, 0.2) is 12.6 Å². The monoisotopic (exact) mass is 262 g/mol. The fraction of sp³-hybridized carbons (Fsp3) is 1.00. The van der Waals surface area contributed by atoms with E-state index in [1.54, 1.807) is 13.8 Å². The lowest BCUT2D eigenvalue weighted by atomic mass is 10.0. The van der Waals surface area contributed by atoms with E-state index in [-0.39, 0.29) is 12.5 Å². The molecule has 2 rings (SSSR count). The second-order valence-corrected chi connectivity index (χ2v) is 5.12. The summed E-state index contributed by atoms with van der Waals surface area (Å²) in [5.74, 6) is 0. The lowest BCUT2D eigenvalue weighted by Crippen LogP contribution is -2.51. The highest BCUT2D eigenvalue weighted by molar-refractivity contribution is 4.82. The van der Waals surface area contributed by atoms with Crippen molar-refractivity contribution in [3.63, 3.8) is 0 Å². The number of aliphatic hydroxyl groups is 3. The van der Waals surface area contributed by atoms with E-state index < -0.39 is 37.0 Å². The smallest absolute Gasteiger partial charge is 0.158 e. The molecule has 0 saturated carbocycles. The van der Waals surface area contributed by atoms with Gasteiger partial charge < -0.3 is 29.5 Å². The van der Waals surface area contributed by atoms with Gasteiger partial charge in [-0.3, -0.25) is 0 Å². The molecule has 2 fully saturated rings. The van der Waals surface area contributed by atoms with E-state index in [0.29, 0.717) is 12.8 Å². The minimum absolute atomic E-state index is 0.139. The lowest BCUT2D eigenvalue weighted by Gasteiger charge is -2.40. The Bertz CT molecular complexity index is 261. The van der Waals surface area contributed by atoms with Gasteiger partial charge in [0.05, 0.1) is 24.4 Å². The first kappa shape index (κ1) is 14.2. The van der Waals surface area contributed by atoms with Crippen LogP contribution in [0.4, 0.5) is 0 Å². The molecule has 0 bridgehead atoms. The molecule has 2 aliphatic heterocycles. The fourth-order valence-corrected chi connectivity index (χ4v) is 2.45. The molecule has 18 heavy (non-hydrogen) atoms. The van der Waals surface area contributed by atoms with Crippen LogP contribution in [-0.2, 0) is 14.2 Å². The average molecular weight is 262 g/mol. The molecule has 0 amide bonds.